The van der Waals surface area contributed by atoms with Crippen molar-refractivity contribution in [2.75, 3.05) is 0 Å². The molecule has 0 radical (unpaired) electrons. The molecule has 0 aromatic heterocycles. The lowest BCUT2D eigenvalue weighted by molar-refractivity contribution is 0.102. The van der Waals surface area contributed by atoms with Gasteiger partial charge in [-0.25, -0.2) is 16.8 Å². The van der Waals surface area contributed by atoms with Crippen LogP contribution in [0.2, 0.25) is 0 Å². The average Bonchev–Trinajstić information content (AvgIpc) is 2.56. The summed E-state index contributed by atoms with van der Waals surface area (Å²) in [5.41, 5.74) is 1.54. The molecule has 136 valence electrons. The number of hydrogen-bond acceptors (Lipinski definition) is 7. The van der Waals surface area contributed by atoms with E-state index >= 15 is 0 Å². The maximum absolute atomic E-state index is 12.6. The molecule has 0 heterocycles. The number of hydrogen-bond donors (Lipinski definition) is 0. The highest BCUT2D eigenvalue weighted by atomic mass is 32.2. The predicted octanol–water partition coefficient (Wildman–Crippen LogP) is 1.71. The first kappa shape index (κ1) is 18.5. The van der Waals surface area contributed by atoms with E-state index in [0.717, 1.165) is 17.7 Å². The molecule has 0 bridgehead atoms. The molecule has 0 atom stereocenters. The molecule has 2 aromatic rings. The van der Waals surface area contributed by atoms with Gasteiger partial charge >= 0.3 is 0 Å². The van der Waals surface area contributed by atoms with Crippen LogP contribution in [0.15, 0.2) is 57.8 Å². The molecule has 0 aliphatic heterocycles. The summed E-state index contributed by atoms with van der Waals surface area (Å²) in [6.45, 7) is 0. The summed E-state index contributed by atoms with van der Waals surface area (Å²) < 4.78 is 67.7. The van der Waals surface area contributed by atoms with E-state index in [1.54, 1.807) is 12.1 Å². The smallest absolute Gasteiger partial charge is 0.189 e. The fourth-order valence-electron chi connectivity index (χ4n) is 2.85. The van der Waals surface area contributed by atoms with Crippen LogP contribution in [0, 0.1) is 0 Å². The highest BCUT2D eigenvalue weighted by Crippen LogP contribution is 2.29. The van der Waals surface area contributed by atoms with Crippen molar-refractivity contribution in [2.45, 2.75) is 22.6 Å². The number of carbonyl (C=O) groups excluding carboxylic acids is 1. The first-order valence-corrected chi connectivity index (χ1v) is 10.3. The van der Waals surface area contributed by atoms with Crippen LogP contribution < -0.4 is 0 Å². The highest BCUT2D eigenvalue weighted by Gasteiger charge is 2.22. The first-order valence-electron chi connectivity index (χ1n) is 7.46. The Hall–Kier alpha value is -2.33. The first-order chi connectivity index (χ1) is 12.1. The lowest BCUT2D eigenvalue weighted by atomic mass is 9.86. The van der Waals surface area contributed by atoms with Crippen LogP contribution in [-0.2, 0) is 26.7 Å². The monoisotopic (exact) mass is 392 g/mol. The molecule has 0 spiro atoms. The minimum Gasteiger partial charge on any atom is -0.744 e. The summed E-state index contributed by atoms with van der Waals surface area (Å²) in [5, 5.41) is 0. The van der Waals surface area contributed by atoms with Crippen molar-refractivity contribution in [3.8, 4) is 0 Å². The van der Waals surface area contributed by atoms with E-state index < -0.39 is 30.0 Å². The second-order valence-corrected chi connectivity index (χ2v) is 8.49. The van der Waals surface area contributed by atoms with Gasteiger partial charge in [0.15, 0.2) is 5.78 Å². The zero-order chi connectivity index (χ0) is 19.1. The largest absolute Gasteiger partial charge is 0.744 e. The normalized spacial score (nSPS) is 16.5. The Balaban J connectivity index is 2.14. The topological polar surface area (TPSA) is 131 Å². The van der Waals surface area contributed by atoms with Gasteiger partial charge in [0.1, 0.15) is 20.2 Å². The fourth-order valence-corrected chi connectivity index (χ4v) is 4.11. The Morgan fingerprint density at radius 3 is 2.23 bits per heavy atom. The predicted molar refractivity (Wildman–Crippen MR) is 89.4 cm³/mol. The zero-order valence-electron chi connectivity index (χ0n) is 13.2. The summed E-state index contributed by atoms with van der Waals surface area (Å²) >= 11 is 0. The molecule has 7 nitrogen and oxygen atoms in total. The minimum absolute atomic E-state index is 0.130. The molecule has 1 aliphatic carbocycles. The van der Waals surface area contributed by atoms with E-state index in [2.05, 4.69) is 0 Å². The maximum atomic E-state index is 12.6. The molecule has 0 unspecified atom stereocenters. The lowest BCUT2D eigenvalue weighted by Crippen LogP contribution is -2.14. The standard InChI is InChI=1S/C17H14O7S2/c18-17-13(6-5-11-3-1-2-4-15(11)17)9-12-7-8-14(25(19,20)21)10-16(12)26(22,23)24/h1-4,7-10H,5-6H2,(H,19,20,21)(H,22,23,24)/p-2. The second-order valence-electron chi connectivity index (χ2n) is 5.76. The highest BCUT2D eigenvalue weighted by molar-refractivity contribution is 7.86. The van der Waals surface area contributed by atoms with Crippen molar-refractivity contribution in [3.05, 3.63) is 64.7 Å². The van der Waals surface area contributed by atoms with E-state index in [0.29, 0.717) is 30.0 Å². The van der Waals surface area contributed by atoms with Crippen molar-refractivity contribution in [3.63, 3.8) is 0 Å². The molecule has 0 amide bonds. The van der Waals surface area contributed by atoms with Gasteiger partial charge in [-0.2, -0.15) is 0 Å². The molecular formula is C17H12O7S2-2. The van der Waals surface area contributed by atoms with E-state index in [4.69, 9.17) is 0 Å². The minimum atomic E-state index is -5.05. The molecule has 0 fully saturated rings. The number of rotatable bonds is 3. The van der Waals surface area contributed by atoms with E-state index in [9.17, 15) is 30.7 Å². The third kappa shape index (κ3) is 3.61. The van der Waals surface area contributed by atoms with Crippen molar-refractivity contribution in [1.82, 2.24) is 0 Å². The molecule has 0 N–H and O–H groups in total. The Bertz CT molecular complexity index is 1140. The van der Waals surface area contributed by atoms with Crippen molar-refractivity contribution in [2.24, 2.45) is 0 Å². The Labute approximate surface area is 150 Å². The van der Waals surface area contributed by atoms with Gasteiger partial charge in [0.25, 0.3) is 0 Å². The number of Topliss-reactive ketones (excluding diaryl/α,β-unsaturated/α-hetero) is 1. The van der Waals surface area contributed by atoms with E-state index in [1.807, 2.05) is 12.1 Å². The Kier molecular flexibility index (Phi) is 4.57. The van der Waals surface area contributed by atoms with Crippen LogP contribution >= 0.6 is 0 Å². The Morgan fingerprint density at radius 1 is 0.885 bits per heavy atom. The van der Waals surface area contributed by atoms with Gasteiger partial charge in [0.2, 0.25) is 0 Å². The average molecular weight is 392 g/mol. The fraction of sp³-hybridized carbons (Fsp3) is 0.118. The third-order valence-electron chi connectivity index (χ3n) is 4.09. The molecule has 3 rings (SSSR count). The number of benzene rings is 2. The van der Waals surface area contributed by atoms with Gasteiger partial charge in [-0.1, -0.05) is 30.3 Å². The summed E-state index contributed by atoms with van der Waals surface area (Å²) in [7, 11) is -9.98. The zero-order valence-corrected chi connectivity index (χ0v) is 14.8. The molecule has 1 aliphatic rings. The molecule has 2 aromatic carbocycles. The van der Waals surface area contributed by atoms with Gasteiger partial charge in [0.05, 0.1) is 9.79 Å². The summed E-state index contributed by atoms with van der Waals surface area (Å²) in [5.74, 6) is -0.290. The van der Waals surface area contributed by atoms with Crippen LogP contribution in [-0.4, -0.2) is 31.7 Å². The second kappa shape index (κ2) is 6.44. The van der Waals surface area contributed by atoms with Gasteiger partial charge in [-0.15, -0.1) is 0 Å². The number of carbonyl (C=O) groups is 1. The van der Waals surface area contributed by atoms with Crippen LogP contribution in [0.25, 0.3) is 6.08 Å². The SMILES string of the molecule is O=C1C(=Cc2ccc(S(=O)(=O)[O-])cc2S(=O)(=O)[O-])CCc2ccccc21. The summed E-state index contributed by atoms with van der Waals surface area (Å²) in [6, 6.07) is 9.47. The molecule has 26 heavy (non-hydrogen) atoms. The van der Waals surface area contributed by atoms with Crippen LogP contribution in [0.4, 0.5) is 0 Å². The van der Waals surface area contributed by atoms with Gasteiger partial charge in [0, 0.05) is 11.1 Å². The Morgan fingerprint density at radius 2 is 1.58 bits per heavy atom. The van der Waals surface area contributed by atoms with Crippen molar-refractivity contribution in [1.29, 1.82) is 0 Å². The number of fused-ring (bicyclic) bond motifs is 1. The molecule has 0 saturated heterocycles. The van der Waals surface area contributed by atoms with E-state index in [1.165, 1.54) is 6.08 Å². The van der Waals surface area contributed by atoms with E-state index in [-0.39, 0.29) is 11.3 Å². The maximum Gasteiger partial charge on any atom is 0.189 e. The molecular weight excluding hydrogens is 380 g/mol. The third-order valence-corrected chi connectivity index (χ3v) is 5.81. The summed E-state index contributed by atoms with van der Waals surface area (Å²) in [6.07, 6.45) is 2.17. The van der Waals surface area contributed by atoms with Crippen LogP contribution in [0.1, 0.15) is 27.9 Å². The van der Waals surface area contributed by atoms with Gasteiger partial charge in [-0.3, -0.25) is 4.79 Å². The van der Waals surface area contributed by atoms with Gasteiger partial charge in [-0.05, 0) is 42.2 Å². The van der Waals surface area contributed by atoms with Crippen molar-refractivity contribution >= 4 is 32.1 Å². The van der Waals surface area contributed by atoms with Crippen LogP contribution in [0.5, 0.6) is 0 Å². The number of aryl methyl sites for hydroxylation is 1. The van der Waals surface area contributed by atoms with Crippen molar-refractivity contribution < 1.29 is 30.7 Å². The number of ketones is 1. The van der Waals surface area contributed by atoms with Gasteiger partial charge < -0.3 is 9.11 Å². The number of allylic oxidation sites excluding steroid dienone is 1. The molecule has 9 heteroatoms. The molecule has 0 saturated carbocycles. The lowest BCUT2D eigenvalue weighted by Gasteiger charge is -2.19. The van der Waals surface area contributed by atoms with Crippen LogP contribution in [0.3, 0.4) is 0 Å². The summed E-state index contributed by atoms with van der Waals surface area (Å²) in [4.78, 5) is 10.9. The quantitative estimate of drug-likeness (QED) is 0.574.